The third-order valence-electron chi connectivity index (χ3n) is 3.55. The molecule has 0 aliphatic rings. The van der Waals surface area contributed by atoms with Crippen molar-refractivity contribution in [2.45, 2.75) is 52.5 Å². The number of benzene rings is 1. The maximum Gasteiger partial charge on any atom is 0.313 e. The molecule has 0 aliphatic heterocycles. The molecule has 0 fully saturated rings. The quantitative estimate of drug-likeness (QED) is 0.812. The van der Waals surface area contributed by atoms with Gasteiger partial charge in [-0.25, -0.2) is 0 Å². The van der Waals surface area contributed by atoms with Crippen molar-refractivity contribution < 1.29 is 9.59 Å². The van der Waals surface area contributed by atoms with Gasteiger partial charge in [0.05, 0.1) is 0 Å². The van der Waals surface area contributed by atoms with E-state index in [-0.39, 0.29) is 6.04 Å². The Labute approximate surface area is 121 Å². The lowest BCUT2D eigenvalue weighted by molar-refractivity contribution is -0.136. The Kier molecular flexibility index (Phi) is 6.22. The first-order valence-electron chi connectivity index (χ1n) is 7.20. The zero-order valence-electron chi connectivity index (χ0n) is 12.7. The molecule has 4 nitrogen and oxygen atoms in total. The summed E-state index contributed by atoms with van der Waals surface area (Å²) in [5.41, 5.74) is 1.77. The van der Waals surface area contributed by atoms with Crippen molar-refractivity contribution in [3.05, 3.63) is 29.8 Å². The summed E-state index contributed by atoms with van der Waals surface area (Å²) < 4.78 is 0. The largest absolute Gasteiger partial charge is 0.345 e. The number of para-hydroxylation sites is 1. The van der Waals surface area contributed by atoms with Crippen molar-refractivity contribution in [1.29, 1.82) is 0 Å². The number of anilines is 1. The van der Waals surface area contributed by atoms with Crippen molar-refractivity contribution in [1.82, 2.24) is 5.32 Å². The minimum Gasteiger partial charge on any atom is -0.345 e. The minimum absolute atomic E-state index is 0.00180. The summed E-state index contributed by atoms with van der Waals surface area (Å²) in [5.74, 6) is -0.858. The van der Waals surface area contributed by atoms with Gasteiger partial charge in [0, 0.05) is 11.7 Å². The molecule has 2 unspecified atom stereocenters. The lowest BCUT2D eigenvalue weighted by Crippen LogP contribution is -2.40. The van der Waals surface area contributed by atoms with E-state index in [1.165, 1.54) is 0 Å². The number of amides is 2. The Morgan fingerprint density at radius 3 is 2.30 bits per heavy atom. The zero-order chi connectivity index (χ0) is 15.1. The number of rotatable bonds is 5. The molecule has 0 spiro atoms. The Morgan fingerprint density at radius 2 is 1.70 bits per heavy atom. The van der Waals surface area contributed by atoms with E-state index in [9.17, 15) is 9.59 Å². The molecule has 0 bridgehead atoms. The summed E-state index contributed by atoms with van der Waals surface area (Å²) in [6.07, 6.45) is 1.77. The van der Waals surface area contributed by atoms with Crippen LogP contribution in [-0.4, -0.2) is 17.9 Å². The number of hydrogen-bond acceptors (Lipinski definition) is 2. The fraction of sp³-hybridized carbons (Fsp3) is 0.500. The van der Waals surface area contributed by atoms with Crippen molar-refractivity contribution >= 4 is 17.5 Å². The van der Waals surface area contributed by atoms with E-state index in [4.69, 9.17) is 0 Å². The molecule has 1 aromatic carbocycles. The van der Waals surface area contributed by atoms with Gasteiger partial charge in [0.1, 0.15) is 0 Å². The van der Waals surface area contributed by atoms with Crippen LogP contribution in [0.2, 0.25) is 0 Å². The molecule has 1 aromatic rings. The fourth-order valence-corrected chi connectivity index (χ4v) is 1.83. The van der Waals surface area contributed by atoms with E-state index in [1.807, 2.05) is 38.1 Å². The number of carbonyl (C=O) groups is 2. The second-order valence-electron chi connectivity index (χ2n) is 5.13. The first kappa shape index (κ1) is 16.2. The van der Waals surface area contributed by atoms with Gasteiger partial charge in [0.2, 0.25) is 0 Å². The van der Waals surface area contributed by atoms with Crippen LogP contribution in [0.15, 0.2) is 24.3 Å². The van der Waals surface area contributed by atoms with Crippen LogP contribution in [0, 0.1) is 0 Å². The average molecular weight is 276 g/mol. The van der Waals surface area contributed by atoms with E-state index < -0.39 is 11.8 Å². The van der Waals surface area contributed by atoms with Crippen LogP contribution in [0.5, 0.6) is 0 Å². The van der Waals surface area contributed by atoms with Crippen LogP contribution in [0.25, 0.3) is 0 Å². The predicted octanol–water partition coefficient (Wildman–Crippen LogP) is 3.05. The fourth-order valence-electron chi connectivity index (χ4n) is 1.83. The lowest BCUT2D eigenvalue weighted by Gasteiger charge is -2.16. The van der Waals surface area contributed by atoms with Gasteiger partial charge in [0.15, 0.2) is 0 Å². The second kappa shape index (κ2) is 7.68. The average Bonchev–Trinajstić information content (AvgIpc) is 2.46. The minimum atomic E-state index is -0.610. The number of carbonyl (C=O) groups excluding carboxylic acids is 2. The van der Waals surface area contributed by atoms with Gasteiger partial charge < -0.3 is 10.6 Å². The van der Waals surface area contributed by atoms with E-state index >= 15 is 0 Å². The van der Waals surface area contributed by atoms with Gasteiger partial charge >= 0.3 is 11.8 Å². The van der Waals surface area contributed by atoms with Gasteiger partial charge in [-0.3, -0.25) is 9.59 Å². The highest BCUT2D eigenvalue weighted by molar-refractivity contribution is 6.39. The van der Waals surface area contributed by atoms with Crippen LogP contribution < -0.4 is 10.6 Å². The third-order valence-corrected chi connectivity index (χ3v) is 3.55. The van der Waals surface area contributed by atoms with Crippen LogP contribution in [0.1, 0.15) is 52.0 Å². The maximum absolute atomic E-state index is 11.9. The summed E-state index contributed by atoms with van der Waals surface area (Å²) in [7, 11) is 0. The van der Waals surface area contributed by atoms with Gasteiger partial charge in [-0.15, -0.1) is 0 Å². The molecular formula is C16H24N2O2. The highest BCUT2D eigenvalue weighted by Crippen LogP contribution is 2.26. The van der Waals surface area contributed by atoms with Crippen molar-refractivity contribution in [2.24, 2.45) is 0 Å². The molecule has 0 radical (unpaired) electrons. The highest BCUT2D eigenvalue weighted by Gasteiger charge is 2.17. The summed E-state index contributed by atoms with van der Waals surface area (Å²) in [4.78, 5) is 23.6. The second-order valence-corrected chi connectivity index (χ2v) is 5.13. The van der Waals surface area contributed by atoms with E-state index in [0.29, 0.717) is 11.6 Å². The molecule has 2 atom stereocenters. The first-order chi connectivity index (χ1) is 9.49. The molecule has 0 heterocycles. The SMILES string of the molecule is CCC(C)NC(=O)C(=O)Nc1ccccc1C(C)CC. The smallest absolute Gasteiger partial charge is 0.313 e. The number of hydrogen-bond donors (Lipinski definition) is 2. The molecule has 20 heavy (non-hydrogen) atoms. The summed E-state index contributed by atoms with van der Waals surface area (Å²) in [6.45, 7) is 8.03. The third kappa shape index (κ3) is 4.37. The van der Waals surface area contributed by atoms with Crippen LogP contribution >= 0.6 is 0 Å². The first-order valence-corrected chi connectivity index (χ1v) is 7.20. The lowest BCUT2D eigenvalue weighted by atomic mass is 9.97. The molecule has 0 saturated heterocycles. The van der Waals surface area contributed by atoms with Crippen LogP contribution in [0.4, 0.5) is 5.69 Å². The van der Waals surface area contributed by atoms with Crippen molar-refractivity contribution in [2.75, 3.05) is 5.32 Å². The van der Waals surface area contributed by atoms with Crippen molar-refractivity contribution in [3.8, 4) is 0 Å². The molecular weight excluding hydrogens is 252 g/mol. The molecule has 0 saturated carbocycles. The monoisotopic (exact) mass is 276 g/mol. The van der Waals surface area contributed by atoms with Gasteiger partial charge in [-0.2, -0.15) is 0 Å². The Morgan fingerprint density at radius 1 is 1.05 bits per heavy atom. The van der Waals surface area contributed by atoms with Crippen molar-refractivity contribution in [3.63, 3.8) is 0 Å². The van der Waals surface area contributed by atoms with Gasteiger partial charge in [0.25, 0.3) is 0 Å². The Hall–Kier alpha value is -1.84. The van der Waals surface area contributed by atoms with Gasteiger partial charge in [-0.05, 0) is 37.3 Å². The zero-order valence-corrected chi connectivity index (χ0v) is 12.7. The molecule has 2 N–H and O–H groups in total. The van der Waals surface area contributed by atoms with Crippen LogP contribution in [0.3, 0.4) is 0 Å². The summed E-state index contributed by atoms with van der Waals surface area (Å²) in [6, 6.07) is 7.61. The van der Waals surface area contributed by atoms with E-state index in [1.54, 1.807) is 0 Å². The van der Waals surface area contributed by atoms with E-state index in [0.717, 1.165) is 18.4 Å². The normalized spacial score (nSPS) is 13.4. The maximum atomic E-state index is 11.9. The summed E-state index contributed by atoms with van der Waals surface area (Å²) >= 11 is 0. The topological polar surface area (TPSA) is 58.2 Å². The van der Waals surface area contributed by atoms with E-state index in [2.05, 4.69) is 24.5 Å². The summed E-state index contributed by atoms with van der Waals surface area (Å²) in [5, 5.41) is 5.37. The Balaban J connectivity index is 2.78. The number of nitrogens with one attached hydrogen (secondary N) is 2. The Bertz CT molecular complexity index is 471. The van der Waals surface area contributed by atoms with Crippen LogP contribution in [-0.2, 0) is 9.59 Å². The molecule has 2 amide bonds. The molecule has 1 rings (SSSR count). The molecule has 0 aromatic heterocycles. The highest BCUT2D eigenvalue weighted by atomic mass is 16.2. The molecule has 110 valence electrons. The van der Waals surface area contributed by atoms with Gasteiger partial charge in [-0.1, -0.05) is 39.0 Å². The molecule has 0 aliphatic carbocycles. The molecule has 4 heteroatoms. The standard InChI is InChI=1S/C16H24N2O2/c1-5-11(3)13-9-7-8-10-14(13)18-16(20)15(19)17-12(4)6-2/h7-12H,5-6H2,1-4H3,(H,17,19)(H,18,20). The predicted molar refractivity (Wildman–Crippen MR) is 81.7 cm³/mol.